The zero-order chi connectivity index (χ0) is 23.9. The van der Waals surface area contributed by atoms with E-state index in [1.54, 1.807) is 4.68 Å². The van der Waals surface area contributed by atoms with Gasteiger partial charge in [-0.25, -0.2) is 4.98 Å². The molecule has 0 N–H and O–H groups in total. The first kappa shape index (κ1) is 24.4. The van der Waals surface area contributed by atoms with Crippen LogP contribution in [0.3, 0.4) is 0 Å². The first-order chi connectivity index (χ1) is 16.6. The predicted octanol–water partition coefficient (Wildman–Crippen LogP) is 4.30. The van der Waals surface area contributed by atoms with Crippen molar-refractivity contribution in [3.63, 3.8) is 0 Å². The zero-order valence-corrected chi connectivity index (χ0v) is 20.8. The van der Waals surface area contributed by atoms with E-state index in [1.165, 1.54) is 12.8 Å². The average molecular weight is 464 g/mol. The Morgan fingerprint density at radius 2 is 1.85 bits per heavy atom. The van der Waals surface area contributed by atoms with Gasteiger partial charge in [0.25, 0.3) is 5.91 Å². The van der Waals surface area contributed by atoms with Crippen molar-refractivity contribution in [1.82, 2.24) is 24.6 Å². The van der Waals surface area contributed by atoms with E-state index >= 15 is 0 Å². The van der Waals surface area contributed by atoms with Crippen molar-refractivity contribution in [3.8, 4) is 11.3 Å². The third-order valence-corrected chi connectivity index (χ3v) is 6.63. The van der Waals surface area contributed by atoms with Gasteiger partial charge in [-0.1, -0.05) is 56.5 Å². The number of hydrogen-bond donors (Lipinski definition) is 0. The molecular formula is C27H37N5O2. The van der Waals surface area contributed by atoms with E-state index in [2.05, 4.69) is 16.9 Å². The Morgan fingerprint density at radius 3 is 2.59 bits per heavy atom. The fourth-order valence-corrected chi connectivity index (χ4v) is 4.67. The topological polar surface area (TPSA) is 63.5 Å². The summed E-state index contributed by atoms with van der Waals surface area (Å²) in [7, 11) is 1.90. The number of aryl methyl sites for hydroxylation is 2. The Bertz CT molecular complexity index is 1090. The van der Waals surface area contributed by atoms with Crippen LogP contribution in [0.5, 0.6) is 0 Å². The maximum Gasteiger partial charge on any atom is 0.254 e. The van der Waals surface area contributed by atoms with E-state index in [0.717, 1.165) is 86.8 Å². The number of benzene rings is 1. The van der Waals surface area contributed by atoms with Crippen LogP contribution < -0.4 is 0 Å². The number of hydrogen-bond acceptors (Lipinski definition) is 5. The Balaban J connectivity index is 1.66. The number of rotatable bonds is 10. The molecule has 7 heteroatoms. The summed E-state index contributed by atoms with van der Waals surface area (Å²) < 4.78 is 7.28. The number of pyridine rings is 1. The molecule has 0 atom stereocenters. The van der Waals surface area contributed by atoms with Gasteiger partial charge in [-0.2, -0.15) is 5.10 Å². The van der Waals surface area contributed by atoms with E-state index in [9.17, 15) is 4.79 Å². The van der Waals surface area contributed by atoms with Crippen molar-refractivity contribution >= 4 is 16.9 Å². The van der Waals surface area contributed by atoms with E-state index in [-0.39, 0.29) is 5.91 Å². The summed E-state index contributed by atoms with van der Waals surface area (Å²) in [4.78, 5) is 23.4. The summed E-state index contributed by atoms with van der Waals surface area (Å²) in [5, 5.41) is 5.45. The molecule has 182 valence electrons. The van der Waals surface area contributed by atoms with Crippen LogP contribution >= 0.6 is 0 Å². The summed E-state index contributed by atoms with van der Waals surface area (Å²) in [6.45, 7) is 9.92. The number of morpholine rings is 1. The lowest BCUT2D eigenvalue weighted by Gasteiger charge is -2.30. The third-order valence-electron chi connectivity index (χ3n) is 6.63. The first-order valence-electron chi connectivity index (χ1n) is 12.6. The van der Waals surface area contributed by atoms with Crippen LogP contribution in [-0.4, -0.2) is 76.4 Å². The molecule has 0 radical (unpaired) electrons. The number of carbonyl (C=O) groups is 1. The molecule has 1 aromatic carbocycles. The summed E-state index contributed by atoms with van der Waals surface area (Å²) in [6.07, 6.45) is 4.55. The second kappa shape index (κ2) is 11.6. The Morgan fingerprint density at radius 1 is 1.09 bits per heavy atom. The Labute approximate surface area is 202 Å². The average Bonchev–Trinajstić information content (AvgIpc) is 3.17. The summed E-state index contributed by atoms with van der Waals surface area (Å²) >= 11 is 0. The highest BCUT2D eigenvalue weighted by Gasteiger charge is 2.24. The number of nitrogens with zero attached hydrogens (tertiary/aromatic N) is 5. The van der Waals surface area contributed by atoms with Crippen molar-refractivity contribution in [2.75, 3.05) is 45.9 Å². The number of aromatic nitrogens is 3. The van der Waals surface area contributed by atoms with Gasteiger partial charge >= 0.3 is 0 Å². The molecule has 2 aromatic heterocycles. The van der Waals surface area contributed by atoms with E-state index in [1.807, 2.05) is 55.3 Å². The quantitative estimate of drug-likeness (QED) is 0.420. The molecule has 1 saturated heterocycles. The molecule has 4 rings (SSSR count). The van der Waals surface area contributed by atoms with Crippen molar-refractivity contribution in [2.45, 2.75) is 39.5 Å². The Hall–Kier alpha value is -2.77. The van der Waals surface area contributed by atoms with Gasteiger partial charge in [0.1, 0.15) is 0 Å². The minimum atomic E-state index is 0.0745. The smallest absolute Gasteiger partial charge is 0.254 e. The van der Waals surface area contributed by atoms with Crippen molar-refractivity contribution in [3.05, 3.63) is 47.7 Å². The second-order valence-corrected chi connectivity index (χ2v) is 9.14. The van der Waals surface area contributed by atoms with E-state index in [0.29, 0.717) is 5.56 Å². The molecule has 0 spiro atoms. The molecule has 0 bridgehead atoms. The molecule has 3 aromatic rings. The van der Waals surface area contributed by atoms with Crippen molar-refractivity contribution < 1.29 is 9.53 Å². The first-order valence-corrected chi connectivity index (χ1v) is 12.6. The van der Waals surface area contributed by atoms with Gasteiger partial charge < -0.3 is 9.64 Å². The fraction of sp³-hybridized carbons (Fsp3) is 0.519. The van der Waals surface area contributed by atoms with Gasteiger partial charge in [-0.3, -0.25) is 14.4 Å². The van der Waals surface area contributed by atoms with Gasteiger partial charge in [-0.15, -0.1) is 0 Å². The molecule has 3 heterocycles. The van der Waals surface area contributed by atoms with Crippen molar-refractivity contribution in [1.29, 1.82) is 0 Å². The maximum atomic E-state index is 14.1. The van der Waals surface area contributed by atoms with Crippen LogP contribution in [0.4, 0.5) is 0 Å². The minimum absolute atomic E-state index is 0.0745. The number of unbranched alkanes of at least 4 members (excludes halogenated alkanes) is 3. The molecule has 1 amide bonds. The van der Waals surface area contributed by atoms with E-state index in [4.69, 9.17) is 9.72 Å². The van der Waals surface area contributed by atoms with Crippen LogP contribution in [-0.2, 0) is 11.8 Å². The molecule has 1 aliphatic rings. The van der Waals surface area contributed by atoms with Gasteiger partial charge in [0, 0.05) is 45.3 Å². The monoisotopic (exact) mass is 463 g/mol. The molecule has 0 unspecified atom stereocenters. The van der Waals surface area contributed by atoms with Crippen LogP contribution in [0.1, 0.15) is 48.7 Å². The zero-order valence-electron chi connectivity index (χ0n) is 20.8. The SMILES string of the molecule is CCCCCCN(CCN1CCOCC1)C(=O)c1cc(-c2ccccc2)nc2c1c(C)nn2C. The Kier molecular flexibility index (Phi) is 8.29. The predicted molar refractivity (Wildman–Crippen MR) is 136 cm³/mol. The maximum absolute atomic E-state index is 14.1. The third kappa shape index (κ3) is 5.65. The standard InChI is InChI=1S/C27H37N5O2/c1-4-5-6-10-13-32(15-14-31-16-18-34-19-17-31)27(33)23-20-24(22-11-8-7-9-12-22)28-26-25(23)21(2)29-30(26)3/h7-9,11-12,20H,4-6,10,13-19H2,1-3H3. The minimum Gasteiger partial charge on any atom is -0.379 e. The van der Waals surface area contributed by atoms with Crippen LogP contribution in [0.25, 0.3) is 22.3 Å². The van der Waals surface area contributed by atoms with Gasteiger partial charge in [0.15, 0.2) is 5.65 Å². The van der Waals surface area contributed by atoms with Crippen molar-refractivity contribution in [2.24, 2.45) is 7.05 Å². The van der Waals surface area contributed by atoms with E-state index < -0.39 is 0 Å². The van der Waals surface area contributed by atoms with Crippen LogP contribution in [0.2, 0.25) is 0 Å². The van der Waals surface area contributed by atoms with Gasteiger partial charge in [0.2, 0.25) is 0 Å². The van der Waals surface area contributed by atoms with Gasteiger partial charge in [-0.05, 0) is 19.4 Å². The number of carbonyl (C=O) groups excluding carboxylic acids is 1. The largest absolute Gasteiger partial charge is 0.379 e. The summed E-state index contributed by atoms with van der Waals surface area (Å²) in [5.41, 5.74) is 4.10. The highest BCUT2D eigenvalue weighted by Crippen LogP contribution is 2.28. The molecule has 1 fully saturated rings. The molecule has 0 aliphatic carbocycles. The van der Waals surface area contributed by atoms with Crippen LogP contribution in [0.15, 0.2) is 36.4 Å². The lowest BCUT2D eigenvalue weighted by Crippen LogP contribution is -2.43. The summed E-state index contributed by atoms with van der Waals surface area (Å²) in [6, 6.07) is 12.0. The lowest BCUT2D eigenvalue weighted by molar-refractivity contribution is 0.0324. The fourth-order valence-electron chi connectivity index (χ4n) is 4.67. The summed E-state index contributed by atoms with van der Waals surface area (Å²) in [5.74, 6) is 0.0745. The normalized spacial score (nSPS) is 14.6. The van der Waals surface area contributed by atoms with Gasteiger partial charge in [0.05, 0.1) is 35.6 Å². The number of fused-ring (bicyclic) bond motifs is 1. The molecule has 0 saturated carbocycles. The second-order valence-electron chi connectivity index (χ2n) is 9.14. The highest BCUT2D eigenvalue weighted by molar-refractivity contribution is 6.07. The number of amides is 1. The molecule has 1 aliphatic heterocycles. The highest BCUT2D eigenvalue weighted by atomic mass is 16.5. The lowest BCUT2D eigenvalue weighted by atomic mass is 10.0. The number of ether oxygens (including phenoxy) is 1. The molecule has 34 heavy (non-hydrogen) atoms. The molecule has 7 nitrogen and oxygen atoms in total. The molecular weight excluding hydrogens is 426 g/mol. The van der Waals surface area contributed by atoms with Crippen LogP contribution in [0, 0.1) is 6.92 Å².